The monoisotopic (exact) mass is 795 g/mol. The fraction of sp³-hybridized carbons (Fsp3) is 0.429. The molecule has 2 heterocycles. The lowest BCUT2D eigenvalue weighted by Crippen LogP contribution is -2.48. The van der Waals surface area contributed by atoms with Crippen LogP contribution in [0.2, 0.25) is 0 Å². The first-order valence-corrected chi connectivity index (χ1v) is 19.5. The Kier molecular flexibility index (Phi) is 15.1. The van der Waals surface area contributed by atoms with Gasteiger partial charge in [0.25, 0.3) is 12.4 Å². The molecule has 2 fully saturated rings. The molecule has 1 saturated heterocycles. The molecule has 4 aromatic rings. The van der Waals surface area contributed by atoms with Crippen molar-refractivity contribution >= 4 is 36.0 Å². The maximum absolute atomic E-state index is 13.8. The van der Waals surface area contributed by atoms with E-state index >= 15 is 0 Å². The number of benzene rings is 3. The molecule has 1 aliphatic carbocycles. The van der Waals surface area contributed by atoms with E-state index in [-0.39, 0.29) is 42.5 Å². The molecule has 0 unspecified atom stereocenters. The van der Waals surface area contributed by atoms with Crippen LogP contribution in [-0.4, -0.2) is 117 Å². The molecule has 6 rings (SSSR count). The molecule has 0 bridgehead atoms. The van der Waals surface area contributed by atoms with Crippen LogP contribution in [0, 0.1) is 11.8 Å². The van der Waals surface area contributed by atoms with Crippen LogP contribution in [0.4, 0.5) is 10.5 Å². The molecule has 16 nitrogen and oxygen atoms in total. The summed E-state index contributed by atoms with van der Waals surface area (Å²) in [5, 5.41) is 29.8. The van der Waals surface area contributed by atoms with Crippen molar-refractivity contribution in [2.75, 3.05) is 45.1 Å². The van der Waals surface area contributed by atoms with Crippen LogP contribution in [0.15, 0.2) is 72.8 Å². The minimum absolute atomic E-state index is 0.0339. The number of hydrogen-bond donors (Lipinski definition) is 5. The second-order valence-corrected chi connectivity index (χ2v) is 15.6. The number of carbonyl (C=O) groups excluding carboxylic acids is 4. The summed E-state index contributed by atoms with van der Waals surface area (Å²) in [5.41, 5.74) is 4.14. The predicted molar refractivity (Wildman–Crippen MR) is 218 cm³/mol. The summed E-state index contributed by atoms with van der Waals surface area (Å²) in [5.74, 6) is -0.0258. The second kappa shape index (κ2) is 20.3. The summed E-state index contributed by atoms with van der Waals surface area (Å²) >= 11 is 0. The van der Waals surface area contributed by atoms with E-state index in [9.17, 15) is 19.2 Å². The number of alkyl carbamates (subject to hydrolysis) is 1. The van der Waals surface area contributed by atoms with Crippen LogP contribution in [0.3, 0.4) is 0 Å². The number of aromatic amines is 1. The molecule has 1 atom stereocenters. The third kappa shape index (κ3) is 12.7. The fourth-order valence-corrected chi connectivity index (χ4v) is 6.98. The molecule has 4 amide bonds. The maximum atomic E-state index is 13.8. The molecule has 1 saturated carbocycles. The number of rotatable bonds is 11. The van der Waals surface area contributed by atoms with Gasteiger partial charge >= 0.3 is 6.09 Å². The summed E-state index contributed by atoms with van der Waals surface area (Å²) in [6.07, 6.45) is 2.70. The van der Waals surface area contributed by atoms with Gasteiger partial charge in [0, 0.05) is 61.9 Å². The van der Waals surface area contributed by atoms with Crippen molar-refractivity contribution in [1.29, 1.82) is 0 Å². The lowest BCUT2D eigenvalue weighted by molar-refractivity contribution is -0.130. The number of carboxylic acid groups (broad SMARTS) is 1. The molecule has 0 spiro atoms. The van der Waals surface area contributed by atoms with Gasteiger partial charge in [-0.2, -0.15) is 5.21 Å². The molecule has 3 aromatic carbocycles. The largest absolute Gasteiger partial charge is 0.483 e. The number of carbonyl (C=O) groups is 5. The zero-order valence-corrected chi connectivity index (χ0v) is 33.4. The van der Waals surface area contributed by atoms with Crippen LogP contribution in [0.5, 0.6) is 0 Å². The van der Waals surface area contributed by atoms with Crippen molar-refractivity contribution in [1.82, 2.24) is 41.1 Å². The van der Waals surface area contributed by atoms with Crippen LogP contribution in [0.1, 0.15) is 62.4 Å². The minimum atomic E-state index is -0.841. The van der Waals surface area contributed by atoms with Crippen LogP contribution >= 0.6 is 0 Å². The zero-order chi connectivity index (χ0) is 41.7. The highest BCUT2D eigenvalue weighted by Gasteiger charge is 2.30. The van der Waals surface area contributed by atoms with Crippen molar-refractivity contribution in [2.45, 2.75) is 64.5 Å². The van der Waals surface area contributed by atoms with Gasteiger partial charge in [-0.25, -0.2) is 4.79 Å². The number of nitrogens with zero attached hydrogens (tertiary/aromatic N) is 5. The molecule has 308 valence electrons. The van der Waals surface area contributed by atoms with E-state index in [2.05, 4.69) is 48.5 Å². The van der Waals surface area contributed by atoms with E-state index in [4.69, 9.17) is 14.6 Å². The van der Waals surface area contributed by atoms with E-state index in [1.165, 1.54) is 0 Å². The highest BCUT2D eigenvalue weighted by atomic mass is 16.6. The fourth-order valence-electron chi connectivity index (χ4n) is 6.98. The first-order valence-electron chi connectivity index (χ1n) is 19.5. The van der Waals surface area contributed by atoms with E-state index in [0.29, 0.717) is 49.6 Å². The molecule has 58 heavy (non-hydrogen) atoms. The van der Waals surface area contributed by atoms with Gasteiger partial charge in [-0.05, 0) is 118 Å². The Morgan fingerprint density at radius 2 is 1.57 bits per heavy atom. The molecule has 16 heteroatoms. The average Bonchev–Trinajstić information content (AvgIpc) is 3.76. The molecular formula is C42H53N9O7. The van der Waals surface area contributed by atoms with Gasteiger partial charge in [-0.15, -0.1) is 10.2 Å². The number of H-pyrrole nitrogens is 1. The van der Waals surface area contributed by atoms with Crippen molar-refractivity contribution in [2.24, 2.45) is 11.8 Å². The summed E-state index contributed by atoms with van der Waals surface area (Å²) in [6.45, 7) is 8.85. The van der Waals surface area contributed by atoms with Crippen molar-refractivity contribution in [3.63, 3.8) is 0 Å². The number of hydrogen-bond acceptors (Lipinski definition) is 10. The molecule has 0 radical (unpaired) electrons. The number of nitrogens with one attached hydrogen (secondary N) is 4. The van der Waals surface area contributed by atoms with Crippen LogP contribution < -0.4 is 16.0 Å². The number of tetrazole rings is 1. The Labute approximate surface area is 338 Å². The number of ether oxygens (including phenoxy) is 1. The van der Waals surface area contributed by atoms with Crippen molar-refractivity contribution in [3.8, 4) is 22.5 Å². The third-order valence-corrected chi connectivity index (χ3v) is 10.2. The van der Waals surface area contributed by atoms with E-state index in [1.54, 1.807) is 24.3 Å². The Morgan fingerprint density at radius 3 is 2.19 bits per heavy atom. The predicted octanol–water partition coefficient (Wildman–Crippen LogP) is 4.62. The number of likely N-dealkylation sites (N-methyl/N-ethyl adjacent to an activating group) is 1. The first-order chi connectivity index (χ1) is 27.8. The molecule has 5 N–H and O–H groups in total. The van der Waals surface area contributed by atoms with Gasteiger partial charge < -0.3 is 35.6 Å². The lowest BCUT2D eigenvalue weighted by Gasteiger charge is -2.32. The Bertz CT molecular complexity index is 1970. The van der Waals surface area contributed by atoms with Gasteiger partial charge in [0.1, 0.15) is 11.6 Å². The van der Waals surface area contributed by atoms with Gasteiger partial charge in [-0.1, -0.05) is 36.4 Å². The van der Waals surface area contributed by atoms with Gasteiger partial charge in [-0.3, -0.25) is 19.2 Å². The number of piperazine rings is 1. The Balaban J connectivity index is 0.00000207. The van der Waals surface area contributed by atoms with E-state index in [1.807, 2.05) is 74.2 Å². The topological polar surface area (TPSA) is 212 Å². The average molecular weight is 796 g/mol. The van der Waals surface area contributed by atoms with E-state index < -0.39 is 17.7 Å². The smallest absolute Gasteiger partial charge is 0.407 e. The number of aromatic nitrogens is 4. The Morgan fingerprint density at radius 1 is 0.914 bits per heavy atom. The van der Waals surface area contributed by atoms with Crippen molar-refractivity contribution < 1.29 is 33.8 Å². The van der Waals surface area contributed by atoms with Crippen molar-refractivity contribution in [3.05, 3.63) is 83.9 Å². The highest BCUT2D eigenvalue weighted by Crippen LogP contribution is 2.29. The standard InChI is InChI=1S/C41H51N9O5.CH2O2/c1-41(2,3)55-40(54)42-26-28-10-14-31(15-11-28)37(51)44-35(38(52)43-34-18-16-30(17-19-34)36-45-47-48-46-36)24-27-8-12-29(13-9-27)32-6-5-7-33(25-32)39(53)50-22-20-49(4)21-23-50;2-1-3/h5-9,12-13,16-19,25,28,31,35H,10-11,14-15,20-24,26H2,1-4H3,(H,42,54)(H,43,52)(H,44,51)(H,45,46,47,48);1H,(H,2,3)/t28?,31?,35-;/m0./s1. The second-order valence-electron chi connectivity index (χ2n) is 15.6. The first kappa shape index (κ1) is 43.0. The van der Waals surface area contributed by atoms with Crippen LogP contribution in [0.25, 0.3) is 22.5 Å². The molecular weight excluding hydrogens is 743 g/mol. The molecule has 1 aromatic heterocycles. The van der Waals surface area contributed by atoms with Gasteiger partial charge in [0.05, 0.1) is 0 Å². The normalized spacial score (nSPS) is 17.5. The van der Waals surface area contributed by atoms with Gasteiger partial charge in [0.15, 0.2) is 0 Å². The van der Waals surface area contributed by atoms with E-state index in [0.717, 1.165) is 48.2 Å². The molecule has 1 aliphatic heterocycles. The quantitative estimate of drug-likeness (QED) is 0.132. The lowest BCUT2D eigenvalue weighted by atomic mass is 9.81. The van der Waals surface area contributed by atoms with Crippen LogP contribution in [-0.2, 0) is 25.5 Å². The number of anilines is 1. The summed E-state index contributed by atoms with van der Waals surface area (Å²) in [6, 6.07) is 21.8. The summed E-state index contributed by atoms with van der Waals surface area (Å²) < 4.78 is 5.36. The molecule has 2 aliphatic rings. The third-order valence-electron chi connectivity index (χ3n) is 10.2. The minimum Gasteiger partial charge on any atom is -0.483 e. The SMILES string of the molecule is CN1CCN(C(=O)c2cccc(-c3ccc(C[C@H](NC(=O)C4CCC(CNC(=O)OC(C)(C)C)CC4)C(=O)Nc4ccc(-c5nn[nH]n5)cc4)cc3)c2)CC1.O=CO. The summed E-state index contributed by atoms with van der Waals surface area (Å²) in [7, 11) is 2.06. The Hall–Kier alpha value is -6.16. The summed E-state index contributed by atoms with van der Waals surface area (Å²) in [4.78, 5) is 65.4. The zero-order valence-electron chi connectivity index (χ0n) is 33.4. The maximum Gasteiger partial charge on any atom is 0.407 e. The van der Waals surface area contributed by atoms with Gasteiger partial charge in [0.2, 0.25) is 17.6 Å². The highest BCUT2D eigenvalue weighted by molar-refractivity contribution is 5.98. The number of amides is 4.